The van der Waals surface area contributed by atoms with Gasteiger partial charge >= 0.3 is 0 Å². The number of ether oxygens (including phenoxy) is 1. The van der Waals surface area contributed by atoms with E-state index in [0.717, 1.165) is 16.7 Å². The molecule has 2 amide bonds. The number of anilines is 2. The fraction of sp³-hybridized carbons (Fsp3) is 0.281. The SMILES string of the molecule is Cc1ccc(-n2cc(-c3cnccc3NC(=O)C3CCOCC3)cn2)cc1N(C(=O)c1ccccc1)C(C)(C)C#N. The molecule has 4 aromatic rings. The number of hydrogen-bond acceptors (Lipinski definition) is 6. The molecule has 9 heteroatoms. The van der Waals surface area contributed by atoms with Crippen molar-refractivity contribution < 1.29 is 14.3 Å². The molecular formula is C32H32N6O3. The number of aromatic nitrogens is 3. The highest BCUT2D eigenvalue weighted by molar-refractivity contribution is 6.08. The third-order valence-electron chi connectivity index (χ3n) is 7.32. The second-order valence-electron chi connectivity index (χ2n) is 10.6. The number of nitrogens with zero attached hydrogens (tertiary/aromatic N) is 5. The molecule has 0 spiro atoms. The van der Waals surface area contributed by atoms with E-state index in [1.165, 1.54) is 4.90 Å². The van der Waals surface area contributed by atoms with Crippen LogP contribution in [-0.2, 0) is 9.53 Å². The van der Waals surface area contributed by atoms with E-state index in [9.17, 15) is 14.9 Å². The summed E-state index contributed by atoms with van der Waals surface area (Å²) in [5.41, 5.74) is 3.75. The van der Waals surface area contributed by atoms with E-state index in [0.29, 0.717) is 48.7 Å². The predicted octanol–water partition coefficient (Wildman–Crippen LogP) is 5.56. The molecule has 0 bridgehead atoms. The van der Waals surface area contributed by atoms with Crippen molar-refractivity contribution in [3.8, 4) is 22.9 Å². The quantitative estimate of drug-likeness (QED) is 0.324. The Morgan fingerprint density at radius 2 is 1.85 bits per heavy atom. The van der Waals surface area contributed by atoms with E-state index in [-0.39, 0.29) is 17.7 Å². The van der Waals surface area contributed by atoms with Crippen LogP contribution in [0.15, 0.2) is 79.4 Å². The molecule has 41 heavy (non-hydrogen) atoms. The lowest BCUT2D eigenvalue weighted by Gasteiger charge is -2.34. The molecular weight excluding hydrogens is 516 g/mol. The lowest BCUT2D eigenvalue weighted by molar-refractivity contribution is -0.122. The first kappa shape index (κ1) is 27.7. The Labute approximate surface area is 239 Å². The third kappa shape index (κ3) is 5.88. The van der Waals surface area contributed by atoms with Gasteiger partial charge in [0.15, 0.2) is 0 Å². The van der Waals surface area contributed by atoms with Crippen molar-refractivity contribution in [2.45, 2.75) is 39.2 Å². The average molecular weight is 549 g/mol. The summed E-state index contributed by atoms with van der Waals surface area (Å²) in [5, 5.41) is 17.6. The van der Waals surface area contributed by atoms with Crippen LogP contribution >= 0.6 is 0 Å². The number of hydrogen-bond donors (Lipinski definition) is 1. The standard InChI is InChI=1S/C32H32N6O3/c1-22-9-10-26(17-29(22)38(32(2,3)21-33)31(40)24-7-5-4-6-8-24)37-20-25(18-35-37)27-19-34-14-11-28(27)36-30(39)23-12-15-41-16-13-23/h4-11,14,17-20,23H,12-13,15-16H2,1-3H3,(H,34,36,39). The first-order chi connectivity index (χ1) is 19.8. The van der Waals surface area contributed by atoms with Gasteiger partial charge in [-0.25, -0.2) is 4.68 Å². The topological polar surface area (TPSA) is 113 Å². The largest absolute Gasteiger partial charge is 0.381 e. The summed E-state index contributed by atoms with van der Waals surface area (Å²) in [7, 11) is 0. The molecule has 0 radical (unpaired) electrons. The molecule has 0 atom stereocenters. The van der Waals surface area contributed by atoms with Crippen molar-refractivity contribution in [1.82, 2.24) is 14.8 Å². The van der Waals surface area contributed by atoms with Gasteiger partial charge in [-0.1, -0.05) is 24.3 Å². The van der Waals surface area contributed by atoms with Crippen LogP contribution in [0, 0.1) is 24.2 Å². The molecule has 1 aliphatic heterocycles. The van der Waals surface area contributed by atoms with E-state index in [1.54, 1.807) is 67.5 Å². The van der Waals surface area contributed by atoms with E-state index < -0.39 is 5.54 Å². The van der Waals surface area contributed by atoms with Gasteiger partial charge in [0.2, 0.25) is 5.91 Å². The zero-order valence-electron chi connectivity index (χ0n) is 23.4. The van der Waals surface area contributed by atoms with Gasteiger partial charge in [-0.15, -0.1) is 0 Å². The monoisotopic (exact) mass is 548 g/mol. The van der Waals surface area contributed by atoms with Gasteiger partial charge in [0.05, 0.1) is 29.3 Å². The van der Waals surface area contributed by atoms with Crippen molar-refractivity contribution in [2.24, 2.45) is 5.92 Å². The van der Waals surface area contributed by atoms with Crippen LogP contribution < -0.4 is 10.2 Å². The van der Waals surface area contributed by atoms with Crippen LogP contribution in [0.5, 0.6) is 0 Å². The molecule has 9 nitrogen and oxygen atoms in total. The van der Waals surface area contributed by atoms with Gasteiger partial charge in [-0.3, -0.25) is 19.5 Å². The summed E-state index contributed by atoms with van der Waals surface area (Å²) in [4.78, 5) is 32.4. The van der Waals surface area contributed by atoms with E-state index in [4.69, 9.17) is 4.74 Å². The molecule has 0 saturated carbocycles. The maximum Gasteiger partial charge on any atom is 0.259 e. The second kappa shape index (κ2) is 11.7. The minimum absolute atomic E-state index is 0.0281. The van der Waals surface area contributed by atoms with Gasteiger partial charge in [-0.2, -0.15) is 10.4 Å². The van der Waals surface area contributed by atoms with Gasteiger partial charge in [0, 0.05) is 54.4 Å². The number of nitriles is 1. The van der Waals surface area contributed by atoms with E-state index in [1.807, 2.05) is 37.4 Å². The van der Waals surface area contributed by atoms with Crippen LogP contribution in [0.1, 0.15) is 42.6 Å². The Balaban J connectivity index is 1.47. The zero-order chi connectivity index (χ0) is 29.0. The summed E-state index contributed by atoms with van der Waals surface area (Å²) in [5.74, 6) is -0.379. The van der Waals surface area contributed by atoms with Crippen LogP contribution in [-0.4, -0.2) is 45.3 Å². The van der Waals surface area contributed by atoms with Gasteiger partial charge in [0.1, 0.15) is 5.54 Å². The van der Waals surface area contributed by atoms with Crippen LogP contribution in [0.2, 0.25) is 0 Å². The predicted molar refractivity (Wildman–Crippen MR) is 157 cm³/mol. The Bertz CT molecular complexity index is 1600. The molecule has 1 N–H and O–H groups in total. The molecule has 208 valence electrons. The fourth-order valence-electron chi connectivity index (χ4n) is 4.94. The molecule has 0 unspecified atom stereocenters. The average Bonchev–Trinajstić information content (AvgIpc) is 3.49. The van der Waals surface area contributed by atoms with Crippen molar-refractivity contribution >= 4 is 23.2 Å². The molecule has 1 fully saturated rings. The van der Waals surface area contributed by atoms with Crippen molar-refractivity contribution in [3.63, 3.8) is 0 Å². The number of pyridine rings is 1. The number of amides is 2. The molecule has 3 heterocycles. The summed E-state index contributed by atoms with van der Waals surface area (Å²) < 4.78 is 7.10. The molecule has 0 aliphatic carbocycles. The summed E-state index contributed by atoms with van der Waals surface area (Å²) in [6.07, 6.45) is 8.33. The lowest BCUT2D eigenvalue weighted by Crippen LogP contribution is -2.47. The smallest absolute Gasteiger partial charge is 0.259 e. The molecule has 2 aromatic heterocycles. The van der Waals surface area contributed by atoms with E-state index >= 15 is 0 Å². The van der Waals surface area contributed by atoms with Gasteiger partial charge in [-0.05, 0) is 69.5 Å². The second-order valence-corrected chi connectivity index (χ2v) is 10.6. The highest BCUT2D eigenvalue weighted by Crippen LogP contribution is 2.33. The Hall–Kier alpha value is -4.81. The number of rotatable bonds is 7. The zero-order valence-corrected chi connectivity index (χ0v) is 23.4. The maximum atomic E-state index is 13.7. The number of carbonyl (C=O) groups is 2. The molecule has 1 saturated heterocycles. The number of nitrogens with one attached hydrogen (secondary N) is 1. The fourth-order valence-corrected chi connectivity index (χ4v) is 4.94. The highest BCUT2D eigenvalue weighted by atomic mass is 16.5. The number of aryl methyl sites for hydroxylation is 1. The van der Waals surface area contributed by atoms with Crippen molar-refractivity contribution in [3.05, 3.63) is 90.5 Å². The maximum absolute atomic E-state index is 13.7. The number of carbonyl (C=O) groups excluding carboxylic acids is 2. The van der Waals surface area contributed by atoms with Gasteiger partial charge in [0.25, 0.3) is 5.91 Å². The Morgan fingerprint density at radius 1 is 1.10 bits per heavy atom. The summed E-state index contributed by atoms with van der Waals surface area (Å²) in [6, 6.07) is 18.7. The Morgan fingerprint density at radius 3 is 2.59 bits per heavy atom. The molecule has 2 aromatic carbocycles. The first-order valence-corrected chi connectivity index (χ1v) is 13.6. The Kier molecular flexibility index (Phi) is 7.95. The lowest BCUT2D eigenvalue weighted by atomic mass is 9.99. The normalized spacial score (nSPS) is 13.8. The van der Waals surface area contributed by atoms with E-state index in [2.05, 4.69) is 21.5 Å². The van der Waals surface area contributed by atoms with Crippen molar-refractivity contribution in [2.75, 3.05) is 23.4 Å². The number of benzene rings is 2. The summed E-state index contributed by atoms with van der Waals surface area (Å²) >= 11 is 0. The molecule has 5 rings (SSSR count). The minimum Gasteiger partial charge on any atom is -0.381 e. The van der Waals surface area contributed by atoms with Gasteiger partial charge < -0.3 is 10.1 Å². The van der Waals surface area contributed by atoms with Crippen molar-refractivity contribution in [1.29, 1.82) is 5.26 Å². The third-order valence-corrected chi connectivity index (χ3v) is 7.32. The molecule has 1 aliphatic rings. The minimum atomic E-state index is -1.11. The first-order valence-electron chi connectivity index (χ1n) is 13.6. The van der Waals surface area contributed by atoms with Crippen LogP contribution in [0.3, 0.4) is 0 Å². The highest BCUT2D eigenvalue weighted by Gasteiger charge is 2.34. The summed E-state index contributed by atoms with van der Waals surface area (Å²) in [6.45, 7) is 6.55. The van der Waals surface area contributed by atoms with Crippen LogP contribution in [0.4, 0.5) is 11.4 Å². The van der Waals surface area contributed by atoms with Crippen LogP contribution in [0.25, 0.3) is 16.8 Å².